The van der Waals surface area contributed by atoms with Crippen molar-refractivity contribution in [2.75, 3.05) is 6.26 Å². The number of thioether (sulfide) groups is 1. The second-order valence-corrected chi connectivity index (χ2v) is 18.1. The molecule has 0 nitrogen and oxygen atoms in total. The minimum absolute atomic E-state index is 0.0752. The summed E-state index contributed by atoms with van der Waals surface area (Å²) in [4.78, 5) is 1.34. The molecule has 0 amide bonds. The zero-order valence-corrected chi connectivity index (χ0v) is 35.6. The van der Waals surface area contributed by atoms with Crippen LogP contribution in [0.3, 0.4) is 0 Å². The fourth-order valence-corrected chi connectivity index (χ4v) is 11.4. The molecule has 0 radical (unpaired) electrons. The van der Waals surface area contributed by atoms with Gasteiger partial charge in [0.25, 0.3) is 0 Å². The molecule has 0 fully saturated rings. The molecule has 0 aromatic heterocycles. The summed E-state index contributed by atoms with van der Waals surface area (Å²) in [7, 11) is 0. The monoisotopic (exact) mass is 786 g/mol. The van der Waals surface area contributed by atoms with Gasteiger partial charge in [-0.3, -0.25) is 0 Å². The van der Waals surface area contributed by atoms with Gasteiger partial charge >= 0.3 is 0 Å². The van der Waals surface area contributed by atoms with Gasteiger partial charge in [0.05, 0.1) is 0 Å². The van der Waals surface area contributed by atoms with Crippen molar-refractivity contribution in [3.05, 3.63) is 199 Å². The molecule has 60 heavy (non-hydrogen) atoms. The first-order chi connectivity index (χ1) is 29.3. The molecule has 1 aliphatic rings. The van der Waals surface area contributed by atoms with Crippen LogP contribution in [0.1, 0.15) is 50.3 Å². The van der Waals surface area contributed by atoms with E-state index in [9.17, 15) is 0 Å². The van der Waals surface area contributed by atoms with Crippen LogP contribution < -0.4 is 0 Å². The number of hydrogen-bond acceptors (Lipinski definition) is 1. The molecule has 1 heteroatoms. The number of fused-ring (bicyclic) bond motifs is 7. The van der Waals surface area contributed by atoms with Crippen LogP contribution in [0.4, 0.5) is 0 Å². The largest absolute Gasteiger partial charge is 0.128 e. The zero-order valence-electron chi connectivity index (χ0n) is 34.8. The summed E-state index contributed by atoms with van der Waals surface area (Å²) in [6.07, 6.45) is 2.20. The normalized spacial score (nSPS) is 13.1. The molecular weight excluding hydrogens is 741 g/mol. The van der Waals surface area contributed by atoms with E-state index >= 15 is 0 Å². The number of rotatable bonds is 6. The Bertz CT molecular complexity index is 3290. The van der Waals surface area contributed by atoms with E-state index in [0.29, 0.717) is 5.92 Å². The molecule has 0 atom stereocenters. The maximum Gasteiger partial charge on any atom is 0.0227 e. The van der Waals surface area contributed by atoms with Gasteiger partial charge in [0, 0.05) is 10.3 Å². The summed E-state index contributed by atoms with van der Waals surface area (Å²) >= 11 is 1.84. The van der Waals surface area contributed by atoms with Crippen LogP contribution in [0.2, 0.25) is 0 Å². The highest BCUT2D eigenvalue weighted by atomic mass is 32.2. The molecule has 0 spiro atoms. The summed E-state index contributed by atoms with van der Waals surface area (Å²) in [5, 5.41) is 10.5. The highest BCUT2D eigenvalue weighted by Gasteiger charge is 2.35. The second kappa shape index (κ2) is 14.1. The molecular formula is C59H46S. The molecule has 0 saturated carbocycles. The van der Waals surface area contributed by atoms with Crippen LogP contribution in [-0.2, 0) is 5.41 Å². The number of hydrogen-bond donors (Lipinski definition) is 0. The molecule has 11 rings (SSSR count). The third-order valence-electron chi connectivity index (χ3n) is 13.3. The molecule has 0 bridgehead atoms. The fraction of sp³-hybridized carbons (Fsp3) is 0.119. The molecule has 1 aliphatic carbocycles. The Hall–Kier alpha value is -6.41. The highest BCUT2D eigenvalue weighted by Crippen LogP contribution is 2.52. The summed E-state index contributed by atoms with van der Waals surface area (Å²) in [6.45, 7) is 9.46. The maximum absolute atomic E-state index is 2.49. The maximum atomic E-state index is 2.49. The van der Waals surface area contributed by atoms with Crippen molar-refractivity contribution in [2.45, 2.75) is 43.9 Å². The first-order valence-corrected chi connectivity index (χ1v) is 22.5. The van der Waals surface area contributed by atoms with Crippen molar-refractivity contribution in [1.29, 1.82) is 0 Å². The number of benzene rings is 10. The summed E-state index contributed by atoms with van der Waals surface area (Å²) in [6, 6.07) is 68.6. The summed E-state index contributed by atoms with van der Waals surface area (Å²) < 4.78 is 0. The molecule has 10 aromatic carbocycles. The second-order valence-electron chi connectivity index (χ2n) is 17.3. The zero-order chi connectivity index (χ0) is 40.7. The minimum Gasteiger partial charge on any atom is -0.128 e. The Balaban J connectivity index is 1.16. The third-order valence-corrected chi connectivity index (χ3v) is 14.2. The van der Waals surface area contributed by atoms with Gasteiger partial charge in [-0.2, -0.15) is 0 Å². The van der Waals surface area contributed by atoms with E-state index in [1.165, 1.54) is 120 Å². The quantitative estimate of drug-likeness (QED) is 0.119. The van der Waals surface area contributed by atoms with E-state index in [-0.39, 0.29) is 5.41 Å². The van der Waals surface area contributed by atoms with Gasteiger partial charge in [-0.1, -0.05) is 191 Å². The van der Waals surface area contributed by atoms with Crippen molar-refractivity contribution in [3.8, 4) is 55.6 Å². The molecule has 0 aliphatic heterocycles. The van der Waals surface area contributed by atoms with Gasteiger partial charge in [-0.05, 0) is 146 Å². The van der Waals surface area contributed by atoms with Crippen molar-refractivity contribution < 1.29 is 0 Å². The average molecular weight is 787 g/mol. The van der Waals surface area contributed by atoms with Gasteiger partial charge in [0.15, 0.2) is 0 Å². The van der Waals surface area contributed by atoms with Crippen LogP contribution in [0, 0.1) is 0 Å². The van der Waals surface area contributed by atoms with E-state index in [4.69, 9.17) is 0 Å². The van der Waals surface area contributed by atoms with E-state index < -0.39 is 0 Å². The van der Waals surface area contributed by atoms with Gasteiger partial charge in [0.2, 0.25) is 0 Å². The SMILES string of the molecule is CSc1c2ccccc2c(-c2ccc(-c3ccc4c(-c5ccc6c(c5)C(C)(C)c5ccccc5-6)c5ccccc5c(C(C)C)c4c3)c(-c3ccccc3)c2)c2ccccc12. The first-order valence-electron chi connectivity index (χ1n) is 21.2. The van der Waals surface area contributed by atoms with Gasteiger partial charge in [-0.25, -0.2) is 0 Å². The molecule has 10 aromatic rings. The Kier molecular flexibility index (Phi) is 8.62. The van der Waals surface area contributed by atoms with Crippen molar-refractivity contribution in [2.24, 2.45) is 0 Å². The van der Waals surface area contributed by atoms with Crippen molar-refractivity contribution in [1.82, 2.24) is 0 Å². The first kappa shape index (κ1) is 36.7. The van der Waals surface area contributed by atoms with E-state index in [1.54, 1.807) is 0 Å². The minimum atomic E-state index is -0.0752. The molecule has 0 unspecified atom stereocenters. The van der Waals surface area contributed by atoms with Crippen LogP contribution in [0.5, 0.6) is 0 Å². The Morgan fingerprint density at radius 3 is 1.52 bits per heavy atom. The van der Waals surface area contributed by atoms with Crippen molar-refractivity contribution in [3.63, 3.8) is 0 Å². The lowest BCUT2D eigenvalue weighted by atomic mass is 9.80. The molecule has 0 N–H and O–H groups in total. The topological polar surface area (TPSA) is 0 Å². The van der Waals surface area contributed by atoms with Crippen LogP contribution in [-0.4, -0.2) is 6.26 Å². The summed E-state index contributed by atoms with van der Waals surface area (Å²) in [5.41, 5.74) is 16.9. The summed E-state index contributed by atoms with van der Waals surface area (Å²) in [5.74, 6) is 0.331. The predicted molar refractivity (Wildman–Crippen MR) is 262 cm³/mol. The molecule has 0 saturated heterocycles. The fourth-order valence-electron chi connectivity index (χ4n) is 10.6. The van der Waals surface area contributed by atoms with Crippen LogP contribution in [0.25, 0.3) is 98.7 Å². The Labute approximate surface area is 357 Å². The average Bonchev–Trinajstić information content (AvgIpc) is 3.52. The lowest BCUT2D eigenvalue weighted by Crippen LogP contribution is -2.14. The standard InChI is InChI=1S/C59H46S/c1-36(2)55-44-20-9-10-21-45(44)57(40-29-31-43-42-19-15-16-26-53(42)59(3,4)54(43)35-40)48-32-27-38(33-52(48)55)41-30-28-39(34-51(41)37-17-7-6-8-18-37)56-46-22-11-13-24-49(46)58(60-5)50-25-14-12-23-47(50)56/h6-36H,1-5H3. The van der Waals surface area contributed by atoms with Gasteiger partial charge in [0.1, 0.15) is 0 Å². The predicted octanol–water partition coefficient (Wildman–Crippen LogP) is 17.1. The van der Waals surface area contributed by atoms with Crippen LogP contribution >= 0.6 is 11.8 Å². The van der Waals surface area contributed by atoms with E-state index in [2.05, 4.69) is 216 Å². The molecule has 288 valence electrons. The highest BCUT2D eigenvalue weighted by molar-refractivity contribution is 7.99. The molecule has 0 heterocycles. The smallest absolute Gasteiger partial charge is 0.0227 e. The lowest BCUT2D eigenvalue weighted by Gasteiger charge is -2.24. The van der Waals surface area contributed by atoms with Crippen molar-refractivity contribution >= 4 is 54.9 Å². The van der Waals surface area contributed by atoms with Gasteiger partial charge in [-0.15, -0.1) is 11.8 Å². The Morgan fingerprint density at radius 2 is 0.867 bits per heavy atom. The van der Waals surface area contributed by atoms with Crippen LogP contribution in [0.15, 0.2) is 187 Å². The third kappa shape index (κ3) is 5.52. The lowest BCUT2D eigenvalue weighted by molar-refractivity contribution is 0.660. The van der Waals surface area contributed by atoms with E-state index in [1.807, 2.05) is 11.8 Å². The van der Waals surface area contributed by atoms with Gasteiger partial charge < -0.3 is 0 Å². The van der Waals surface area contributed by atoms with E-state index in [0.717, 1.165) is 0 Å². The Morgan fingerprint density at radius 1 is 0.367 bits per heavy atom.